The number of imidazole rings is 1. The van der Waals surface area contributed by atoms with Gasteiger partial charge in [-0.1, -0.05) is 29.8 Å². The van der Waals surface area contributed by atoms with Gasteiger partial charge in [0.2, 0.25) is 0 Å². The Labute approximate surface area is 134 Å². The van der Waals surface area contributed by atoms with Gasteiger partial charge in [-0.05, 0) is 22.0 Å². The highest BCUT2D eigenvalue weighted by molar-refractivity contribution is 9.10. The van der Waals surface area contributed by atoms with Crippen LogP contribution in [-0.4, -0.2) is 20.5 Å². The number of esters is 1. The number of carbonyl (C=O) groups excluding carboxylic acids is 1. The predicted molar refractivity (Wildman–Crippen MR) is 83.3 cm³/mol. The summed E-state index contributed by atoms with van der Waals surface area (Å²) in [6.07, 6.45) is 1.52. The lowest BCUT2D eigenvalue weighted by molar-refractivity contribution is 0.0452. The van der Waals surface area contributed by atoms with Crippen molar-refractivity contribution in [3.63, 3.8) is 0 Å². The number of H-pyrrole nitrogens is 1. The number of aromatic nitrogens is 3. The van der Waals surface area contributed by atoms with E-state index in [9.17, 15) is 4.79 Å². The van der Waals surface area contributed by atoms with E-state index in [4.69, 9.17) is 16.3 Å². The number of hydrogen-bond donors (Lipinski definition) is 1. The minimum atomic E-state index is -0.447. The number of nitrogens with one attached hydrogen (secondary N) is 1. The smallest absolute Gasteiger partial charge is 0.356 e. The van der Waals surface area contributed by atoms with Crippen molar-refractivity contribution in [2.45, 2.75) is 6.61 Å². The van der Waals surface area contributed by atoms with E-state index in [1.807, 2.05) is 24.3 Å². The number of fused-ring (bicyclic) bond motifs is 1. The van der Waals surface area contributed by atoms with Crippen LogP contribution in [0.25, 0.3) is 10.9 Å². The molecule has 2 aromatic heterocycles. The summed E-state index contributed by atoms with van der Waals surface area (Å²) in [4.78, 5) is 19.3. The number of ether oxygens (including phenoxy) is 1. The van der Waals surface area contributed by atoms with E-state index in [0.717, 1.165) is 10.9 Å². The first kappa shape index (κ1) is 14.2. The van der Waals surface area contributed by atoms with Crippen molar-refractivity contribution in [3.8, 4) is 0 Å². The highest BCUT2D eigenvalue weighted by atomic mass is 79.9. The highest BCUT2D eigenvalue weighted by Crippen LogP contribution is 2.28. The first-order valence-electron chi connectivity index (χ1n) is 6.17. The molecule has 0 aliphatic carbocycles. The molecule has 0 aliphatic rings. The van der Waals surface area contributed by atoms with Crippen LogP contribution in [0.3, 0.4) is 0 Å². The average Bonchev–Trinajstić information content (AvgIpc) is 2.99. The molecule has 3 rings (SSSR count). The summed E-state index contributed by atoms with van der Waals surface area (Å²) in [6, 6.07) is 7.63. The summed E-state index contributed by atoms with van der Waals surface area (Å²) < 4.78 is 7.63. The zero-order chi connectivity index (χ0) is 15.0. The minimum Gasteiger partial charge on any atom is -0.453 e. The van der Waals surface area contributed by atoms with E-state index in [2.05, 4.69) is 25.9 Å². The Bertz CT molecular complexity index is 825. The SMILES string of the molecule is Cn1c(Cl)cnc1COC(=O)c1[nH]c2ccccc2c1Br. The molecule has 0 fully saturated rings. The Kier molecular flexibility index (Phi) is 3.73. The maximum atomic E-state index is 12.2. The van der Waals surface area contributed by atoms with Crippen LogP contribution in [0.4, 0.5) is 0 Å². The monoisotopic (exact) mass is 367 g/mol. The molecule has 0 saturated heterocycles. The minimum absolute atomic E-state index is 0.0594. The Morgan fingerprint density at radius 2 is 2.24 bits per heavy atom. The molecule has 0 aliphatic heterocycles. The zero-order valence-corrected chi connectivity index (χ0v) is 13.4. The van der Waals surface area contributed by atoms with Crippen molar-refractivity contribution >= 4 is 44.4 Å². The summed E-state index contributed by atoms with van der Waals surface area (Å²) in [6.45, 7) is 0.0594. The fourth-order valence-electron chi connectivity index (χ4n) is 2.01. The van der Waals surface area contributed by atoms with Crippen LogP contribution in [0.2, 0.25) is 5.15 Å². The molecule has 0 amide bonds. The lowest BCUT2D eigenvalue weighted by atomic mass is 10.2. The Balaban J connectivity index is 1.81. The maximum Gasteiger partial charge on any atom is 0.356 e. The van der Waals surface area contributed by atoms with Crippen molar-refractivity contribution in [2.24, 2.45) is 7.05 Å². The van der Waals surface area contributed by atoms with Crippen LogP contribution in [0, 0.1) is 0 Å². The summed E-state index contributed by atoms with van der Waals surface area (Å²) in [5.74, 6) is 0.137. The third-order valence-electron chi connectivity index (χ3n) is 3.21. The molecular formula is C14H11BrClN3O2. The van der Waals surface area contributed by atoms with Crippen LogP contribution in [0.1, 0.15) is 16.3 Å². The molecule has 0 saturated carbocycles. The molecule has 1 N–H and O–H groups in total. The molecule has 1 aromatic carbocycles. The van der Waals surface area contributed by atoms with E-state index in [0.29, 0.717) is 21.1 Å². The van der Waals surface area contributed by atoms with Gasteiger partial charge in [-0.3, -0.25) is 0 Å². The molecule has 108 valence electrons. The fourth-order valence-corrected chi connectivity index (χ4v) is 2.76. The number of nitrogens with zero attached hydrogens (tertiary/aromatic N) is 2. The Morgan fingerprint density at radius 1 is 1.48 bits per heavy atom. The van der Waals surface area contributed by atoms with E-state index in [1.54, 1.807) is 11.6 Å². The first-order chi connectivity index (χ1) is 10.1. The third kappa shape index (κ3) is 2.56. The normalized spacial score (nSPS) is 11.0. The van der Waals surface area contributed by atoms with E-state index >= 15 is 0 Å². The molecule has 0 unspecified atom stereocenters. The molecule has 2 heterocycles. The standard InChI is InChI=1S/C14H11BrClN3O2/c1-19-10(16)6-17-11(19)7-21-14(20)13-12(15)8-4-2-3-5-9(8)18-13/h2-6,18H,7H2,1H3. The van der Waals surface area contributed by atoms with Crippen LogP contribution >= 0.6 is 27.5 Å². The number of para-hydroxylation sites is 1. The summed E-state index contributed by atoms with van der Waals surface area (Å²) in [5.41, 5.74) is 1.26. The zero-order valence-electron chi connectivity index (χ0n) is 11.1. The van der Waals surface area contributed by atoms with Gasteiger partial charge in [-0.25, -0.2) is 9.78 Å². The topological polar surface area (TPSA) is 59.9 Å². The van der Waals surface area contributed by atoms with Crippen molar-refractivity contribution in [2.75, 3.05) is 0 Å². The summed E-state index contributed by atoms with van der Waals surface area (Å²) in [7, 11) is 1.76. The second-order valence-corrected chi connectivity index (χ2v) is 5.67. The molecule has 0 bridgehead atoms. The van der Waals surface area contributed by atoms with Crippen LogP contribution in [0.5, 0.6) is 0 Å². The van der Waals surface area contributed by atoms with Crippen molar-refractivity contribution in [3.05, 3.63) is 51.6 Å². The van der Waals surface area contributed by atoms with Gasteiger partial charge in [0.15, 0.2) is 0 Å². The van der Waals surface area contributed by atoms with E-state index in [1.165, 1.54) is 6.20 Å². The van der Waals surface area contributed by atoms with Gasteiger partial charge in [0.25, 0.3) is 0 Å². The van der Waals surface area contributed by atoms with E-state index in [-0.39, 0.29) is 6.61 Å². The van der Waals surface area contributed by atoms with Gasteiger partial charge in [-0.15, -0.1) is 0 Å². The van der Waals surface area contributed by atoms with Gasteiger partial charge in [0.05, 0.1) is 10.7 Å². The van der Waals surface area contributed by atoms with Gasteiger partial charge in [0.1, 0.15) is 23.3 Å². The number of halogens is 2. The molecule has 0 spiro atoms. The first-order valence-corrected chi connectivity index (χ1v) is 7.34. The van der Waals surface area contributed by atoms with Crippen LogP contribution in [-0.2, 0) is 18.4 Å². The summed E-state index contributed by atoms with van der Waals surface area (Å²) in [5, 5.41) is 1.43. The van der Waals surface area contributed by atoms with Gasteiger partial charge >= 0.3 is 5.97 Å². The van der Waals surface area contributed by atoms with Crippen LogP contribution < -0.4 is 0 Å². The second kappa shape index (κ2) is 5.54. The number of carbonyl (C=O) groups is 1. The van der Waals surface area contributed by atoms with Crippen molar-refractivity contribution < 1.29 is 9.53 Å². The summed E-state index contributed by atoms with van der Waals surface area (Å²) >= 11 is 9.31. The highest BCUT2D eigenvalue weighted by Gasteiger charge is 2.18. The average molecular weight is 369 g/mol. The molecular weight excluding hydrogens is 358 g/mol. The second-order valence-electron chi connectivity index (χ2n) is 4.49. The van der Waals surface area contributed by atoms with Gasteiger partial charge in [0, 0.05) is 18.0 Å². The fraction of sp³-hybridized carbons (Fsp3) is 0.143. The van der Waals surface area contributed by atoms with Crippen LogP contribution in [0.15, 0.2) is 34.9 Å². The van der Waals surface area contributed by atoms with Crippen molar-refractivity contribution in [1.29, 1.82) is 0 Å². The number of hydrogen-bond acceptors (Lipinski definition) is 3. The number of rotatable bonds is 3. The molecule has 0 atom stereocenters. The molecule has 5 nitrogen and oxygen atoms in total. The van der Waals surface area contributed by atoms with Gasteiger partial charge in [-0.2, -0.15) is 0 Å². The van der Waals surface area contributed by atoms with E-state index < -0.39 is 5.97 Å². The largest absolute Gasteiger partial charge is 0.453 e. The molecule has 0 radical (unpaired) electrons. The lowest BCUT2D eigenvalue weighted by Crippen LogP contribution is -2.09. The molecule has 21 heavy (non-hydrogen) atoms. The quantitative estimate of drug-likeness (QED) is 0.718. The predicted octanol–water partition coefficient (Wildman–Crippen LogP) is 3.67. The Morgan fingerprint density at radius 3 is 2.90 bits per heavy atom. The van der Waals surface area contributed by atoms with Crippen molar-refractivity contribution in [1.82, 2.24) is 14.5 Å². The molecule has 3 aromatic rings. The maximum absolute atomic E-state index is 12.2. The van der Waals surface area contributed by atoms with Gasteiger partial charge < -0.3 is 14.3 Å². The number of aromatic amines is 1. The lowest BCUT2D eigenvalue weighted by Gasteiger charge is -2.04. The molecule has 7 heteroatoms. The number of benzene rings is 1. The third-order valence-corrected chi connectivity index (χ3v) is 4.38. The Hall–Kier alpha value is -1.79.